The Balaban J connectivity index is 1.90. The topological polar surface area (TPSA) is 64.4 Å². The van der Waals surface area contributed by atoms with Gasteiger partial charge in [-0.3, -0.25) is 0 Å². The Morgan fingerprint density at radius 2 is 1.74 bits per heavy atom. The minimum Gasteiger partial charge on any atom is -0.300 e. The zero-order valence-corrected chi connectivity index (χ0v) is 15.6. The normalized spacial score (nSPS) is 29.3. The number of nitrogens with zero attached hydrogens (tertiary/aromatic N) is 3. The predicted molar refractivity (Wildman–Crippen MR) is 92.4 cm³/mol. The molecule has 1 aliphatic carbocycles. The molecule has 1 saturated heterocycles. The number of sulfonamides is 1. The lowest BCUT2D eigenvalue weighted by Gasteiger charge is -2.42. The van der Waals surface area contributed by atoms with Crippen LogP contribution in [0.2, 0.25) is 0 Å². The smallest absolute Gasteiger partial charge is 0.230 e. The molecular weight excluding hydrogens is 310 g/mol. The lowest BCUT2D eigenvalue weighted by atomic mass is 9.85. The Hall–Kier alpha value is -0.640. The summed E-state index contributed by atoms with van der Waals surface area (Å²) < 4.78 is 26.5. The van der Waals surface area contributed by atoms with Gasteiger partial charge in [0.05, 0.1) is 6.07 Å². The van der Waals surface area contributed by atoms with Crippen LogP contribution in [0.25, 0.3) is 0 Å². The van der Waals surface area contributed by atoms with Crippen LogP contribution in [0.4, 0.5) is 0 Å². The van der Waals surface area contributed by atoms with Gasteiger partial charge in [0.1, 0.15) is 0 Å². The van der Waals surface area contributed by atoms with Crippen LogP contribution >= 0.6 is 0 Å². The van der Waals surface area contributed by atoms with Gasteiger partial charge >= 0.3 is 0 Å². The molecule has 0 amide bonds. The molecule has 0 spiro atoms. The van der Waals surface area contributed by atoms with Crippen molar-refractivity contribution in [3.05, 3.63) is 0 Å². The highest BCUT2D eigenvalue weighted by molar-refractivity contribution is 7.90. The summed E-state index contributed by atoms with van der Waals surface area (Å²) in [5.74, 6) is 0.858. The monoisotopic (exact) mass is 341 g/mol. The molecule has 5 nitrogen and oxygen atoms in total. The summed E-state index contributed by atoms with van der Waals surface area (Å²) in [5.41, 5.74) is 0. The highest BCUT2D eigenvalue weighted by Gasteiger charge is 2.36. The fourth-order valence-electron chi connectivity index (χ4n) is 4.00. The Kier molecular flexibility index (Phi) is 6.47. The first-order valence-electron chi connectivity index (χ1n) is 9.00. The second-order valence-corrected chi connectivity index (χ2v) is 9.44. The number of hydrogen-bond donors (Lipinski definition) is 0. The molecule has 0 aromatic carbocycles. The molecule has 132 valence electrons. The quantitative estimate of drug-likeness (QED) is 0.771. The molecule has 1 heterocycles. The largest absolute Gasteiger partial charge is 0.300 e. The van der Waals surface area contributed by atoms with Gasteiger partial charge in [0, 0.05) is 19.1 Å². The van der Waals surface area contributed by atoms with Crippen LogP contribution in [-0.2, 0) is 10.0 Å². The Labute approximate surface area is 141 Å². The molecule has 23 heavy (non-hydrogen) atoms. The fourth-order valence-corrected chi connectivity index (χ4v) is 5.58. The average Bonchev–Trinajstić information content (AvgIpc) is 2.56. The molecule has 1 saturated carbocycles. The van der Waals surface area contributed by atoms with Crippen molar-refractivity contribution in [2.45, 2.75) is 76.1 Å². The average molecular weight is 342 g/mol. The number of likely N-dealkylation sites (tertiary alicyclic amines) is 1. The van der Waals surface area contributed by atoms with Crippen LogP contribution in [0.5, 0.6) is 0 Å². The maximum atomic E-state index is 12.5. The van der Waals surface area contributed by atoms with Crippen molar-refractivity contribution in [3.8, 4) is 6.07 Å². The van der Waals surface area contributed by atoms with Crippen molar-refractivity contribution >= 4 is 10.0 Å². The summed E-state index contributed by atoms with van der Waals surface area (Å²) in [6.45, 7) is 6.05. The summed E-state index contributed by atoms with van der Waals surface area (Å²) in [4.78, 5) is 2.56. The molecule has 0 unspecified atom stereocenters. The molecule has 1 atom stereocenters. The van der Waals surface area contributed by atoms with E-state index in [1.165, 1.54) is 30.0 Å². The van der Waals surface area contributed by atoms with E-state index in [9.17, 15) is 8.42 Å². The number of nitriles is 1. The van der Waals surface area contributed by atoms with Crippen molar-refractivity contribution in [1.29, 1.82) is 5.26 Å². The first kappa shape index (κ1) is 18.7. The second kappa shape index (κ2) is 7.96. The highest BCUT2D eigenvalue weighted by Crippen LogP contribution is 2.30. The van der Waals surface area contributed by atoms with Gasteiger partial charge in [-0.15, -0.1) is 0 Å². The molecule has 1 aliphatic heterocycles. The minimum atomic E-state index is -3.50. The van der Waals surface area contributed by atoms with Crippen molar-refractivity contribution in [1.82, 2.24) is 9.21 Å². The van der Waals surface area contributed by atoms with Gasteiger partial charge < -0.3 is 4.90 Å². The molecule has 6 heteroatoms. The number of piperidine rings is 1. The van der Waals surface area contributed by atoms with Crippen LogP contribution in [0.3, 0.4) is 0 Å². The van der Waals surface area contributed by atoms with E-state index in [1.54, 1.807) is 14.0 Å². The van der Waals surface area contributed by atoms with Gasteiger partial charge in [-0.25, -0.2) is 12.7 Å². The molecule has 2 aliphatic rings. The van der Waals surface area contributed by atoms with Gasteiger partial charge in [-0.2, -0.15) is 5.26 Å². The van der Waals surface area contributed by atoms with Crippen molar-refractivity contribution in [3.63, 3.8) is 0 Å². The van der Waals surface area contributed by atoms with E-state index in [0.29, 0.717) is 12.5 Å². The summed E-state index contributed by atoms with van der Waals surface area (Å²) in [6, 6.07) is 2.67. The van der Waals surface area contributed by atoms with Crippen LogP contribution in [0, 0.1) is 17.2 Å². The number of rotatable bonds is 5. The maximum Gasteiger partial charge on any atom is 0.230 e. The molecule has 0 aromatic rings. The number of hydrogen-bond acceptors (Lipinski definition) is 4. The second-order valence-electron chi connectivity index (χ2n) is 7.27. The van der Waals surface area contributed by atoms with Crippen LogP contribution in [0.15, 0.2) is 0 Å². The van der Waals surface area contributed by atoms with Gasteiger partial charge in [0.25, 0.3) is 0 Å². The lowest BCUT2D eigenvalue weighted by molar-refractivity contribution is 0.0929. The molecule has 2 rings (SSSR count). The lowest BCUT2D eigenvalue weighted by Crippen LogP contribution is -2.50. The van der Waals surface area contributed by atoms with E-state index >= 15 is 0 Å². The van der Waals surface area contributed by atoms with E-state index in [1.807, 2.05) is 6.07 Å². The molecule has 2 fully saturated rings. The summed E-state index contributed by atoms with van der Waals surface area (Å²) in [7, 11) is -1.85. The first-order chi connectivity index (χ1) is 10.9. The SMILES string of the molecule is CC[C@@H](C#N)S(=O)(=O)N(C)C1CCN(C2CCC(C)CC2)CC1. The van der Waals surface area contributed by atoms with Gasteiger partial charge in [-0.1, -0.05) is 13.8 Å². The Bertz CT molecular complexity index is 512. The molecular formula is C17H31N3O2S. The predicted octanol–water partition coefficient (Wildman–Crippen LogP) is 2.59. The maximum absolute atomic E-state index is 12.5. The van der Waals surface area contributed by atoms with Crippen LogP contribution in [0.1, 0.15) is 58.8 Å². The summed E-state index contributed by atoms with van der Waals surface area (Å²) in [5, 5.41) is 8.17. The van der Waals surface area contributed by atoms with Crippen molar-refractivity contribution < 1.29 is 8.42 Å². The van der Waals surface area contributed by atoms with E-state index in [-0.39, 0.29) is 6.04 Å². The molecule has 0 N–H and O–H groups in total. The Morgan fingerprint density at radius 3 is 2.22 bits per heavy atom. The summed E-state index contributed by atoms with van der Waals surface area (Å²) >= 11 is 0. The van der Waals surface area contributed by atoms with Crippen LogP contribution in [-0.4, -0.2) is 55.1 Å². The van der Waals surface area contributed by atoms with Crippen LogP contribution < -0.4 is 0 Å². The minimum absolute atomic E-state index is 0.0427. The Morgan fingerprint density at radius 1 is 1.17 bits per heavy atom. The van der Waals surface area contributed by atoms with Gasteiger partial charge in [0.2, 0.25) is 10.0 Å². The van der Waals surface area contributed by atoms with E-state index < -0.39 is 15.3 Å². The van der Waals surface area contributed by atoms with Crippen molar-refractivity contribution in [2.24, 2.45) is 5.92 Å². The third kappa shape index (κ3) is 4.26. The zero-order chi connectivity index (χ0) is 17.0. The standard InChI is InChI=1S/C17H31N3O2S/c1-4-17(13-18)23(21,22)19(3)15-9-11-20(12-10-15)16-7-5-14(2)6-8-16/h14-17H,4-12H2,1-3H3/t14?,16?,17-/m0/s1. The van der Waals surface area contributed by atoms with Crippen molar-refractivity contribution in [2.75, 3.05) is 20.1 Å². The summed E-state index contributed by atoms with van der Waals surface area (Å²) in [6.07, 6.45) is 7.31. The molecule has 0 bridgehead atoms. The fraction of sp³-hybridized carbons (Fsp3) is 0.941. The van der Waals surface area contributed by atoms with E-state index in [4.69, 9.17) is 5.26 Å². The molecule has 0 radical (unpaired) electrons. The third-order valence-corrected chi connectivity index (χ3v) is 8.05. The third-order valence-electron chi connectivity index (χ3n) is 5.79. The van der Waals surface area contributed by atoms with Gasteiger partial charge in [0.15, 0.2) is 5.25 Å². The highest BCUT2D eigenvalue weighted by atomic mass is 32.2. The molecule has 0 aromatic heterocycles. The zero-order valence-electron chi connectivity index (χ0n) is 14.7. The first-order valence-corrected chi connectivity index (χ1v) is 10.5. The van der Waals surface area contributed by atoms with E-state index in [0.717, 1.165) is 31.8 Å². The van der Waals surface area contributed by atoms with E-state index in [2.05, 4.69) is 11.8 Å². The van der Waals surface area contributed by atoms with Gasteiger partial charge in [-0.05, 0) is 64.0 Å².